The van der Waals surface area contributed by atoms with E-state index in [1.807, 2.05) is 38.1 Å². The summed E-state index contributed by atoms with van der Waals surface area (Å²) < 4.78 is 0. The van der Waals surface area contributed by atoms with E-state index in [9.17, 15) is 9.59 Å². The van der Waals surface area contributed by atoms with Gasteiger partial charge < -0.3 is 10.6 Å². The van der Waals surface area contributed by atoms with Crippen molar-refractivity contribution in [2.75, 3.05) is 10.6 Å². The fourth-order valence-corrected chi connectivity index (χ4v) is 6.31. The number of nitrogens with one attached hydrogen (secondary N) is 2. The van der Waals surface area contributed by atoms with Crippen LogP contribution in [0.5, 0.6) is 0 Å². The van der Waals surface area contributed by atoms with Crippen molar-refractivity contribution in [1.29, 1.82) is 0 Å². The number of hydrogen-bond acceptors (Lipinski definition) is 10. The molecule has 4 atom stereocenters. The molecule has 1 fully saturated rings. The molecule has 5 rings (SSSR count). The zero-order valence-corrected chi connectivity index (χ0v) is 22.7. The van der Waals surface area contributed by atoms with Crippen molar-refractivity contribution < 1.29 is 9.59 Å². The van der Waals surface area contributed by atoms with Crippen molar-refractivity contribution >= 4 is 44.8 Å². The Morgan fingerprint density at radius 1 is 0.868 bits per heavy atom. The van der Waals surface area contributed by atoms with Gasteiger partial charge in [-0.15, -0.1) is 20.4 Å². The van der Waals surface area contributed by atoms with Crippen molar-refractivity contribution in [3.8, 4) is 0 Å². The number of carbonyl (C=O) groups excluding carboxylic acids is 2. The van der Waals surface area contributed by atoms with E-state index in [-0.39, 0.29) is 23.7 Å². The second kappa shape index (κ2) is 11.8. The highest BCUT2D eigenvalue weighted by Gasteiger charge is 2.30. The van der Waals surface area contributed by atoms with E-state index >= 15 is 0 Å². The van der Waals surface area contributed by atoms with Crippen LogP contribution < -0.4 is 10.6 Å². The SMILES string of the molecule is CC(C(=O)Nc1nnc(C[C@@H]2CC[C@H](c3nnc(NC(=O)C(C)c4cccnc4)s3)C2)s1)c1cccnc1. The zero-order valence-electron chi connectivity index (χ0n) is 21.1. The lowest BCUT2D eigenvalue weighted by Crippen LogP contribution is -2.18. The van der Waals surface area contributed by atoms with Gasteiger partial charge in [-0.05, 0) is 62.3 Å². The summed E-state index contributed by atoms with van der Waals surface area (Å²) in [6.45, 7) is 3.69. The van der Waals surface area contributed by atoms with Gasteiger partial charge in [-0.2, -0.15) is 0 Å². The molecule has 0 aromatic carbocycles. The van der Waals surface area contributed by atoms with Gasteiger partial charge in [0.05, 0.1) is 11.8 Å². The lowest BCUT2D eigenvalue weighted by Gasteiger charge is -2.10. The summed E-state index contributed by atoms with van der Waals surface area (Å²) in [4.78, 5) is 33.4. The van der Waals surface area contributed by atoms with E-state index < -0.39 is 0 Å². The summed E-state index contributed by atoms with van der Waals surface area (Å²) in [5.41, 5.74) is 1.71. The first-order valence-electron chi connectivity index (χ1n) is 12.5. The summed E-state index contributed by atoms with van der Waals surface area (Å²) in [6, 6.07) is 7.41. The molecular weight excluding hydrogens is 520 g/mol. The highest BCUT2D eigenvalue weighted by molar-refractivity contribution is 7.15. The number of anilines is 2. The van der Waals surface area contributed by atoms with Gasteiger partial charge >= 0.3 is 0 Å². The monoisotopic (exact) mass is 548 g/mol. The molecule has 0 aliphatic heterocycles. The minimum Gasteiger partial charge on any atom is -0.300 e. The van der Waals surface area contributed by atoms with E-state index in [1.54, 1.807) is 24.8 Å². The van der Waals surface area contributed by atoms with Crippen molar-refractivity contribution in [3.63, 3.8) is 0 Å². The molecule has 1 aliphatic rings. The minimum absolute atomic E-state index is 0.126. The molecule has 12 heteroatoms. The van der Waals surface area contributed by atoms with Crippen LogP contribution in [0, 0.1) is 5.92 Å². The van der Waals surface area contributed by atoms with Crippen LogP contribution in [-0.2, 0) is 16.0 Å². The molecule has 38 heavy (non-hydrogen) atoms. The normalized spacial score (nSPS) is 18.6. The third-order valence-electron chi connectivity index (χ3n) is 6.88. The summed E-state index contributed by atoms with van der Waals surface area (Å²) in [5, 5.41) is 25.7. The first kappa shape index (κ1) is 26.0. The van der Waals surface area contributed by atoms with Gasteiger partial charge in [-0.3, -0.25) is 19.6 Å². The van der Waals surface area contributed by atoms with Crippen LogP contribution in [0.2, 0.25) is 0 Å². The molecule has 0 radical (unpaired) electrons. The number of nitrogens with zero attached hydrogens (tertiary/aromatic N) is 6. The maximum Gasteiger partial charge on any atom is 0.233 e. The van der Waals surface area contributed by atoms with Gasteiger partial charge in [-0.1, -0.05) is 34.8 Å². The Hall–Kier alpha value is -3.64. The Morgan fingerprint density at radius 2 is 1.47 bits per heavy atom. The molecule has 0 saturated heterocycles. The van der Waals surface area contributed by atoms with Crippen LogP contribution in [-0.4, -0.2) is 42.2 Å². The lowest BCUT2D eigenvalue weighted by molar-refractivity contribution is -0.118. The summed E-state index contributed by atoms with van der Waals surface area (Å²) >= 11 is 2.87. The average Bonchev–Trinajstić information content (AvgIpc) is 3.71. The number of amides is 2. The second-order valence-corrected chi connectivity index (χ2v) is 11.6. The smallest absolute Gasteiger partial charge is 0.233 e. The topological polar surface area (TPSA) is 136 Å². The molecule has 196 valence electrons. The summed E-state index contributed by atoms with van der Waals surface area (Å²) in [6.07, 6.45) is 10.6. The van der Waals surface area contributed by atoms with Gasteiger partial charge in [0.1, 0.15) is 10.0 Å². The van der Waals surface area contributed by atoms with Crippen LogP contribution >= 0.6 is 22.7 Å². The predicted molar refractivity (Wildman–Crippen MR) is 146 cm³/mol. The average molecular weight is 549 g/mol. The first-order chi connectivity index (χ1) is 18.5. The minimum atomic E-state index is -0.327. The van der Waals surface area contributed by atoms with E-state index in [2.05, 4.69) is 41.0 Å². The molecule has 2 unspecified atom stereocenters. The quantitative estimate of drug-likeness (QED) is 0.305. The first-order valence-corrected chi connectivity index (χ1v) is 14.2. The highest BCUT2D eigenvalue weighted by Crippen LogP contribution is 2.41. The Labute approximate surface area is 228 Å². The third kappa shape index (κ3) is 6.25. The molecule has 4 aromatic rings. The molecule has 0 spiro atoms. The lowest BCUT2D eigenvalue weighted by atomic mass is 10.0. The third-order valence-corrected chi connectivity index (χ3v) is 8.74. The number of aromatic nitrogens is 6. The van der Waals surface area contributed by atoms with Gasteiger partial charge in [0, 0.05) is 37.1 Å². The van der Waals surface area contributed by atoms with Crippen LogP contribution in [0.4, 0.5) is 10.3 Å². The molecule has 0 bridgehead atoms. The van der Waals surface area contributed by atoms with E-state index in [1.165, 1.54) is 22.7 Å². The van der Waals surface area contributed by atoms with Gasteiger partial charge in [-0.25, -0.2) is 0 Å². The van der Waals surface area contributed by atoms with Crippen molar-refractivity contribution in [1.82, 2.24) is 30.4 Å². The zero-order chi connectivity index (χ0) is 26.5. The van der Waals surface area contributed by atoms with Gasteiger partial charge in [0.25, 0.3) is 0 Å². The summed E-state index contributed by atoms with van der Waals surface area (Å²) in [5.74, 6) is -0.141. The number of carbonyl (C=O) groups is 2. The van der Waals surface area contributed by atoms with Gasteiger partial charge in [0.15, 0.2) is 0 Å². The molecule has 2 N–H and O–H groups in total. The maximum atomic E-state index is 12.6. The fraction of sp³-hybridized carbons (Fsp3) is 0.385. The largest absolute Gasteiger partial charge is 0.300 e. The summed E-state index contributed by atoms with van der Waals surface area (Å²) in [7, 11) is 0. The predicted octanol–water partition coefficient (Wildman–Crippen LogP) is 4.79. The van der Waals surface area contributed by atoms with Crippen LogP contribution in [0.3, 0.4) is 0 Å². The maximum absolute atomic E-state index is 12.6. The standard InChI is InChI=1S/C26H28N8O2S2/c1-15(19-5-3-9-27-13-19)22(35)29-25-33-31-21(37-25)12-17-7-8-18(11-17)24-32-34-26(38-24)30-23(36)16(2)20-6-4-10-28-14-20/h3-6,9-10,13-18H,7-8,11-12H2,1-2H3,(H,29,33,35)(H,30,34,36)/t15?,16?,17-,18+/m1/s1. The molecule has 1 aliphatic carbocycles. The number of rotatable bonds is 9. The van der Waals surface area contributed by atoms with Crippen molar-refractivity contribution in [2.24, 2.45) is 5.92 Å². The van der Waals surface area contributed by atoms with Crippen LogP contribution in [0.15, 0.2) is 49.1 Å². The Morgan fingerprint density at radius 3 is 2.08 bits per heavy atom. The Kier molecular flexibility index (Phi) is 8.08. The van der Waals surface area contributed by atoms with Crippen LogP contribution in [0.1, 0.15) is 72.0 Å². The van der Waals surface area contributed by atoms with Crippen LogP contribution in [0.25, 0.3) is 0 Å². The number of pyridine rings is 2. The molecule has 2 amide bonds. The molecule has 10 nitrogen and oxygen atoms in total. The van der Waals surface area contributed by atoms with Gasteiger partial charge in [0.2, 0.25) is 22.1 Å². The van der Waals surface area contributed by atoms with Crippen molar-refractivity contribution in [2.45, 2.75) is 57.3 Å². The highest BCUT2D eigenvalue weighted by atomic mass is 32.1. The molecule has 1 saturated carbocycles. The van der Waals surface area contributed by atoms with Crippen molar-refractivity contribution in [3.05, 3.63) is 70.2 Å². The molecule has 4 heterocycles. The van der Waals surface area contributed by atoms with E-state index in [0.717, 1.165) is 46.8 Å². The van der Waals surface area contributed by atoms with E-state index in [0.29, 0.717) is 22.1 Å². The molecular formula is C26H28N8O2S2. The number of hydrogen-bond donors (Lipinski definition) is 2. The van der Waals surface area contributed by atoms with E-state index in [4.69, 9.17) is 0 Å². The Bertz CT molecular complexity index is 1380. The Balaban J connectivity index is 1.11. The second-order valence-electron chi connectivity index (χ2n) is 9.52. The fourth-order valence-electron chi connectivity index (χ4n) is 4.56. The molecule has 4 aromatic heterocycles.